The third-order valence-electron chi connectivity index (χ3n) is 3.94. The van der Waals surface area contributed by atoms with Crippen molar-refractivity contribution in [2.45, 2.75) is 38.3 Å². The van der Waals surface area contributed by atoms with Crippen LogP contribution >= 0.6 is 0 Å². The van der Waals surface area contributed by atoms with Crippen LogP contribution < -0.4 is 0 Å². The maximum atomic E-state index is 9.91. The molecule has 0 aromatic carbocycles. The van der Waals surface area contributed by atoms with Gasteiger partial charge >= 0.3 is 0 Å². The van der Waals surface area contributed by atoms with E-state index < -0.39 is 0 Å². The highest BCUT2D eigenvalue weighted by molar-refractivity contribution is 4.86. The third kappa shape index (κ3) is 2.92. The van der Waals surface area contributed by atoms with Crippen molar-refractivity contribution in [1.82, 2.24) is 9.80 Å². The minimum Gasteiger partial charge on any atom is -0.392 e. The van der Waals surface area contributed by atoms with Gasteiger partial charge in [-0.1, -0.05) is 6.92 Å². The van der Waals surface area contributed by atoms with Crippen molar-refractivity contribution in [3.05, 3.63) is 0 Å². The fraction of sp³-hybridized carbons (Fsp3) is 1.00. The third-order valence-corrected chi connectivity index (χ3v) is 3.94. The van der Waals surface area contributed by atoms with E-state index >= 15 is 0 Å². The lowest BCUT2D eigenvalue weighted by Gasteiger charge is -2.39. The van der Waals surface area contributed by atoms with E-state index in [4.69, 9.17) is 0 Å². The van der Waals surface area contributed by atoms with Crippen LogP contribution in [0.2, 0.25) is 0 Å². The van der Waals surface area contributed by atoms with Gasteiger partial charge in [-0.05, 0) is 32.2 Å². The molecule has 2 aliphatic rings. The maximum absolute atomic E-state index is 9.91. The lowest BCUT2D eigenvalue weighted by Crippen LogP contribution is -2.52. The summed E-state index contributed by atoms with van der Waals surface area (Å²) in [5, 5.41) is 9.91. The first kappa shape index (κ1) is 11.4. The molecule has 0 radical (unpaired) electrons. The molecule has 3 nitrogen and oxygen atoms in total. The monoisotopic (exact) mass is 212 g/mol. The van der Waals surface area contributed by atoms with Gasteiger partial charge in [-0.2, -0.15) is 0 Å². The summed E-state index contributed by atoms with van der Waals surface area (Å²) in [6.07, 6.45) is 3.64. The fourth-order valence-corrected chi connectivity index (χ4v) is 2.51. The molecule has 2 atom stereocenters. The Kier molecular flexibility index (Phi) is 3.65. The quantitative estimate of drug-likeness (QED) is 0.746. The summed E-state index contributed by atoms with van der Waals surface area (Å²) in [6.45, 7) is 6.56. The number of rotatable bonds is 4. The second kappa shape index (κ2) is 4.81. The van der Waals surface area contributed by atoms with E-state index in [-0.39, 0.29) is 6.10 Å². The zero-order valence-electron chi connectivity index (χ0n) is 10.0. The molecular formula is C12H24N2O. The Hall–Kier alpha value is -0.120. The minimum absolute atomic E-state index is 0.0640. The van der Waals surface area contributed by atoms with Gasteiger partial charge in [0.1, 0.15) is 0 Å². The summed E-state index contributed by atoms with van der Waals surface area (Å²) < 4.78 is 0. The van der Waals surface area contributed by atoms with Gasteiger partial charge in [0.2, 0.25) is 0 Å². The van der Waals surface area contributed by atoms with Gasteiger partial charge in [0.25, 0.3) is 0 Å². The maximum Gasteiger partial charge on any atom is 0.0695 e. The SMILES string of the molecule is CCC1CN(CC(O)C2CC2)CCN1C. The van der Waals surface area contributed by atoms with Crippen LogP contribution in [0.5, 0.6) is 0 Å². The molecular weight excluding hydrogens is 188 g/mol. The zero-order chi connectivity index (χ0) is 10.8. The lowest BCUT2D eigenvalue weighted by molar-refractivity contribution is 0.0428. The van der Waals surface area contributed by atoms with Gasteiger partial charge in [-0.25, -0.2) is 0 Å². The van der Waals surface area contributed by atoms with Crippen molar-refractivity contribution in [3.8, 4) is 0 Å². The van der Waals surface area contributed by atoms with Gasteiger partial charge in [-0.15, -0.1) is 0 Å². The molecule has 1 aliphatic carbocycles. The predicted molar refractivity (Wildman–Crippen MR) is 61.9 cm³/mol. The van der Waals surface area contributed by atoms with Gasteiger partial charge in [0.15, 0.2) is 0 Å². The molecule has 0 bridgehead atoms. The van der Waals surface area contributed by atoms with Gasteiger partial charge in [0.05, 0.1) is 6.10 Å². The number of likely N-dealkylation sites (N-methyl/N-ethyl adjacent to an activating group) is 1. The van der Waals surface area contributed by atoms with Crippen LogP contribution in [0, 0.1) is 5.92 Å². The molecule has 0 amide bonds. The largest absolute Gasteiger partial charge is 0.392 e. The van der Waals surface area contributed by atoms with Crippen molar-refractivity contribution >= 4 is 0 Å². The van der Waals surface area contributed by atoms with Crippen molar-refractivity contribution in [2.75, 3.05) is 33.2 Å². The van der Waals surface area contributed by atoms with E-state index in [2.05, 4.69) is 23.8 Å². The van der Waals surface area contributed by atoms with Crippen molar-refractivity contribution < 1.29 is 5.11 Å². The summed E-state index contributed by atoms with van der Waals surface area (Å²) in [4.78, 5) is 4.89. The predicted octanol–water partition coefficient (Wildman–Crippen LogP) is 0.783. The minimum atomic E-state index is -0.0640. The zero-order valence-corrected chi connectivity index (χ0v) is 10.0. The molecule has 1 N–H and O–H groups in total. The average Bonchev–Trinajstić information content (AvgIpc) is 3.04. The van der Waals surface area contributed by atoms with E-state index in [0.717, 1.165) is 26.2 Å². The molecule has 2 unspecified atom stereocenters. The van der Waals surface area contributed by atoms with E-state index in [0.29, 0.717) is 12.0 Å². The molecule has 1 saturated carbocycles. The van der Waals surface area contributed by atoms with Crippen LogP contribution in [0.25, 0.3) is 0 Å². The van der Waals surface area contributed by atoms with Crippen LogP contribution in [-0.2, 0) is 0 Å². The number of β-amino-alcohol motifs (C(OH)–C–C–N with tert-alkyl or cyclic N) is 1. The molecule has 0 aromatic heterocycles. The van der Waals surface area contributed by atoms with Gasteiger partial charge in [0, 0.05) is 32.2 Å². The Balaban J connectivity index is 1.77. The standard InChI is InChI=1S/C12H24N2O/c1-3-11-8-14(7-6-13(11)2)9-12(15)10-4-5-10/h10-12,15H,3-9H2,1-2H3. The van der Waals surface area contributed by atoms with E-state index in [1.807, 2.05) is 0 Å². The Morgan fingerprint density at radius 2 is 2.07 bits per heavy atom. The van der Waals surface area contributed by atoms with Crippen molar-refractivity contribution in [3.63, 3.8) is 0 Å². The molecule has 1 saturated heterocycles. The molecule has 2 rings (SSSR count). The molecule has 2 fully saturated rings. The summed E-state index contributed by atoms with van der Waals surface area (Å²) >= 11 is 0. The highest BCUT2D eigenvalue weighted by Gasteiger charge is 2.32. The first-order chi connectivity index (χ1) is 7.20. The second-order valence-electron chi connectivity index (χ2n) is 5.21. The topological polar surface area (TPSA) is 26.7 Å². The Labute approximate surface area is 93.1 Å². The van der Waals surface area contributed by atoms with Gasteiger partial charge < -0.3 is 10.0 Å². The molecule has 1 heterocycles. The van der Waals surface area contributed by atoms with Crippen LogP contribution in [-0.4, -0.2) is 60.3 Å². The van der Waals surface area contributed by atoms with Gasteiger partial charge in [-0.3, -0.25) is 4.90 Å². The summed E-state index contributed by atoms with van der Waals surface area (Å²) in [5.41, 5.74) is 0. The number of aliphatic hydroxyl groups excluding tert-OH is 1. The number of hydrogen-bond acceptors (Lipinski definition) is 3. The summed E-state index contributed by atoms with van der Waals surface area (Å²) in [7, 11) is 2.21. The second-order valence-corrected chi connectivity index (χ2v) is 5.21. The number of nitrogens with zero attached hydrogens (tertiary/aromatic N) is 2. The van der Waals surface area contributed by atoms with Crippen LogP contribution in [0.1, 0.15) is 26.2 Å². The van der Waals surface area contributed by atoms with Crippen LogP contribution in [0.15, 0.2) is 0 Å². The molecule has 88 valence electrons. The van der Waals surface area contributed by atoms with Crippen LogP contribution in [0.4, 0.5) is 0 Å². The molecule has 0 spiro atoms. The summed E-state index contributed by atoms with van der Waals surface area (Å²) in [5.74, 6) is 0.615. The van der Waals surface area contributed by atoms with Crippen molar-refractivity contribution in [1.29, 1.82) is 0 Å². The number of hydrogen-bond donors (Lipinski definition) is 1. The first-order valence-corrected chi connectivity index (χ1v) is 6.31. The molecule has 0 aromatic rings. The first-order valence-electron chi connectivity index (χ1n) is 6.31. The van der Waals surface area contributed by atoms with Crippen molar-refractivity contribution in [2.24, 2.45) is 5.92 Å². The highest BCUT2D eigenvalue weighted by Crippen LogP contribution is 2.33. The lowest BCUT2D eigenvalue weighted by atomic mass is 10.1. The molecule has 15 heavy (non-hydrogen) atoms. The van der Waals surface area contributed by atoms with E-state index in [9.17, 15) is 5.11 Å². The van der Waals surface area contributed by atoms with Crippen LogP contribution in [0.3, 0.4) is 0 Å². The smallest absolute Gasteiger partial charge is 0.0695 e. The Bertz CT molecular complexity index is 204. The average molecular weight is 212 g/mol. The van der Waals surface area contributed by atoms with E-state index in [1.54, 1.807) is 0 Å². The highest BCUT2D eigenvalue weighted by atomic mass is 16.3. The molecule has 3 heteroatoms. The number of piperazine rings is 1. The van der Waals surface area contributed by atoms with E-state index in [1.165, 1.54) is 19.3 Å². The fourth-order valence-electron chi connectivity index (χ4n) is 2.51. The number of aliphatic hydroxyl groups is 1. The normalized spacial score (nSPS) is 31.8. The summed E-state index contributed by atoms with van der Waals surface area (Å²) in [6, 6.07) is 0.685. The molecule has 1 aliphatic heterocycles. The Morgan fingerprint density at radius 1 is 1.33 bits per heavy atom. The Morgan fingerprint density at radius 3 is 2.67 bits per heavy atom.